The van der Waals surface area contributed by atoms with Gasteiger partial charge in [-0.1, -0.05) is 23.2 Å². The van der Waals surface area contributed by atoms with E-state index in [0.29, 0.717) is 17.5 Å². The number of aromatic nitrogens is 4. The largest absolute Gasteiger partial charge is 0.466 e. The van der Waals surface area contributed by atoms with Crippen LogP contribution in [0.1, 0.15) is 38.1 Å². The number of esters is 3. The third-order valence-electron chi connectivity index (χ3n) is 3.31. The van der Waals surface area contributed by atoms with E-state index in [0.717, 1.165) is 0 Å². The van der Waals surface area contributed by atoms with Crippen LogP contribution in [0.25, 0.3) is 0 Å². The first-order valence-electron chi connectivity index (χ1n) is 9.28. The molecule has 0 aliphatic heterocycles. The van der Waals surface area contributed by atoms with Crippen LogP contribution in [0.3, 0.4) is 0 Å². The Labute approximate surface area is 189 Å². The van der Waals surface area contributed by atoms with Crippen LogP contribution in [0.15, 0.2) is 24.3 Å². The third-order valence-corrected chi connectivity index (χ3v) is 3.71. The molecule has 0 unspecified atom stereocenters. The molecule has 2 aromatic rings. The van der Waals surface area contributed by atoms with E-state index in [4.69, 9.17) is 37.4 Å². The second-order valence-electron chi connectivity index (χ2n) is 5.55. The molecule has 168 valence electrons. The predicted molar refractivity (Wildman–Crippen MR) is 110 cm³/mol. The summed E-state index contributed by atoms with van der Waals surface area (Å²) in [6.07, 6.45) is 0.137. The molecule has 0 saturated carbocycles. The Kier molecular flexibility index (Phi) is 12.0. The lowest BCUT2D eigenvalue weighted by atomic mass is 10.1. The number of ether oxygens (including phenoxy) is 3. The quantitative estimate of drug-likeness (QED) is 0.320. The average molecular weight is 473 g/mol. The minimum absolute atomic E-state index is 0.137. The van der Waals surface area contributed by atoms with Crippen molar-refractivity contribution in [1.82, 2.24) is 20.4 Å². The molecule has 0 spiro atoms. The summed E-state index contributed by atoms with van der Waals surface area (Å²) in [7, 11) is 0. The lowest BCUT2D eigenvalue weighted by Gasteiger charge is -2.13. The molecule has 2 aromatic heterocycles. The molecular weight excluding hydrogens is 451 g/mol. The van der Waals surface area contributed by atoms with Gasteiger partial charge in [-0.25, -0.2) is 0 Å². The van der Waals surface area contributed by atoms with E-state index in [1.165, 1.54) is 12.1 Å². The SMILES string of the molecule is CCOC(=O)C(C(=O)OCC)c1ccc(Cl)nn1.CCOC(=O)Cc1ccc(Cl)nn1. The van der Waals surface area contributed by atoms with E-state index in [1.807, 2.05) is 0 Å². The summed E-state index contributed by atoms with van der Waals surface area (Å²) < 4.78 is 14.4. The van der Waals surface area contributed by atoms with Crippen molar-refractivity contribution in [2.75, 3.05) is 19.8 Å². The van der Waals surface area contributed by atoms with E-state index < -0.39 is 17.9 Å². The van der Waals surface area contributed by atoms with Gasteiger partial charge in [0.05, 0.1) is 37.6 Å². The van der Waals surface area contributed by atoms with Crippen LogP contribution in [-0.2, 0) is 35.0 Å². The Morgan fingerprint density at radius 1 is 0.774 bits per heavy atom. The Bertz CT molecular complexity index is 831. The second-order valence-corrected chi connectivity index (χ2v) is 6.32. The predicted octanol–water partition coefficient (Wildman–Crippen LogP) is 2.58. The number of carbonyl (C=O) groups is 3. The Balaban J connectivity index is 0.000000327. The number of hydrogen-bond donors (Lipinski definition) is 0. The monoisotopic (exact) mass is 472 g/mol. The molecule has 0 fully saturated rings. The molecule has 2 rings (SSSR count). The lowest BCUT2D eigenvalue weighted by molar-refractivity contribution is -0.157. The maximum Gasteiger partial charge on any atom is 0.326 e. The average Bonchev–Trinajstić information content (AvgIpc) is 2.72. The fourth-order valence-corrected chi connectivity index (χ4v) is 2.27. The van der Waals surface area contributed by atoms with Gasteiger partial charge in [0.25, 0.3) is 0 Å². The lowest BCUT2D eigenvalue weighted by Crippen LogP contribution is -2.27. The molecule has 0 atom stereocenters. The summed E-state index contributed by atoms with van der Waals surface area (Å²) in [4.78, 5) is 34.4. The molecule has 10 nitrogen and oxygen atoms in total. The molecule has 0 bridgehead atoms. The molecule has 31 heavy (non-hydrogen) atoms. The van der Waals surface area contributed by atoms with Gasteiger partial charge in [0.15, 0.2) is 16.2 Å². The number of carbonyl (C=O) groups excluding carboxylic acids is 3. The third kappa shape index (κ3) is 9.67. The highest BCUT2D eigenvalue weighted by molar-refractivity contribution is 6.29. The van der Waals surface area contributed by atoms with Crippen molar-refractivity contribution >= 4 is 41.1 Å². The molecular formula is C19H22Cl2N4O6. The minimum atomic E-state index is -1.23. The van der Waals surface area contributed by atoms with Crippen molar-refractivity contribution in [3.8, 4) is 0 Å². The molecule has 0 amide bonds. The van der Waals surface area contributed by atoms with Gasteiger partial charge < -0.3 is 14.2 Å². The highest BCUT2D eigenvalue weighted by atomic mass is 35.5. The van der Waals surface area contributed by atoms with Crippen LogP contribution in [0.4, 0.5) is 0 Å². The van der Waals surface area contributed by atoms with Gasteiger partial charge in [-0.3, -0.25) is 14.4 Å². The van der Waals surface area contributed by atoms with E-state index >= 15 is 0 Å². The molecule has 0 aromatic carbocycles. The first-order chi connectivity index (χ1) is 14.8. The number of nitrogens with zero attached hydrogens (tertiary/aromatic N) is 4. The fraction of sp³-hybridized carbons (Fsp3) is 0.421. The minimum Gasteiger partial charge on any atom is -0.466 e. The van der Waals surface area contributed by atoms with Crippen LogP contribution in [0.5, 0.6) is 0 Å². The molecule has 0 aliphatic rings. The van der Waals surface area contributed by atoms with Crippen molar-refractivity contribution in [3.05, 3.63) is 46.0 Å². The fourth-order valence-electron chi connectivity index (χ4n) is 2.07. The first kappa shape index (κ1) is 26.2. The molecule has 12 heteroatoms. The number of rotatable bonds is 8. The van der Waals surface area contributed by atoms with Crippen molar-refractivity contribution in [2.24, 2.45) is 0 Å². The Hall–Kier alpha value is -2.85. The summed E-state index contributed by atoms with van der Waals surface area (Å²) in [5.74, 6) is -2.96. The van der Waals surface area contributed by atoms with E-state index in [-0.39, 0.29) is 36.5 Å². The highest BCUT2D eigenvalue weighted by Crippen LogP contribution is 2.18. The Morgan fingerprint density at radius 3 is 1.71 bits per heavy atom. The van der Waals surface area contributed by atoms with Gasteiger partial charge in [0.1, 0.15) is 0 Å². The summed E-state index contributed by atoms with van der Waals surface area (Å²) in [5.41, 5.74) is 0.708. The van der Waals surface area contributed by atoms with Gasteiger partial charge >= 0.3 is 17.9 Å². The summed E-state index contributed by atoms with van der Waals surface area (Å²) in [6, 6.07) is 6.11. The highest BCUT2D eigenvalue weighted by Gasteiger charge is 2.33. The molecule has 0 saturated heterocycles. The van der Waals surface area contributed by atoms with Crippen molar-refractivity contribution < 1.29 is 28.6 Å². The van der Waals surface area contributed by atoms with E-state index in [9.17, 15) is 14.4 Å². The zero-order chi connectivity index (χ0) is 23.2. The van der Waals surface area contributed by atoms with Gasteiger partial charge in [0, 0.05) is 0 Å². The summed E-state index contributed by atoms with van der Waals surface area (Å²) >= 11 is 11.1. The summed E-state index contributed by atoms with van der Waals surface area (Å²) in [5, 5.41) is 15.1. The van der Waals surface area contributed by atoms with Crippen molar-refractivity contribution in [2.45, 2.75) is 33.1 Å². The zero-order valence-electron chi connectivity index (χ0n) is 17.2. The van der Waals surface area contributed by atoms with Gasteiger partial charge in [-0.15, -0.1) is 10.2 Å². The smallest absolute Gasteiger partial charge is 0.326 e. The Morgan fingerprint density at radius 2 is 1.29 bits per heavy atom. The van der Waals surface area contributed by atoms with Crippen LogP contribution < -0.4 is 0 Å². The van der Waals surface area contributed by atoms with Gasteiger partial charge in [0.2, 0.25) is 0 Å². The molecule has 2 heterocycles. The van der Waals surface area contributed by atoms with Crippen LogP contribution >= 0.6 is 23.2 Å². The summed E-state index contributed by atoms with van der Waals surface area (Å²) in [6.45, 7) is 5.75. The van der Waals surface area contributed by atoms with Crippen LogP contribution in [0.2, 0.25) is 10.3 Å². The van der Waals surface area contributed by atoms with E-state index in [2.05, 4.69) is 20.4 Å². The van der Waals surface area contributed by atoms with Crippen molar-refractivity contribution in [1.29, 1.82) is 0 Å². The second kappa shape index (κ2) is 14.2. The zero-order valence-corrected chi connectivity index (χ0v) is 18.7. The van der Waals surface area contributed by atoms with Crippen LogP contribution in [-0.4, -0.2) is 58.1 Å². The standard InChI is InChI=1S/C11H13ClN2O4.C8H9ClN2O2/c1-3-17-10(15)9(11(16)18-4-2)7-5-6-8(12)14-13-7;1-2-13-8(12)5-6-3-4-7(9)11-10-6/h5-6,9H,3-4H2,1-2H3;3-4H,2,5H2,1H3. The number of halogens is 2. The normalized spacial score (nSPS) is 10.0. The van der Waals surface area contributed by atoms with Crippen LogP contribution in [0, 0.1) is 0 Å². The molecule has 0 aliphatic carbocycles. The van der Waals surface area contributed by atoms with Gasteiger partial charge in [-0.05, 0) is 45.0 Å². The maximum atomic E-state index is 11.7. The van der Waals surface area contributed by atoms with Crippen molar-refractivity contribution in [3.63, 3.8) is 0 Å². The van der Waals surface area contributed by atoms with Gasteiger partial charge in [-0.2, -0.15) is 10.2 Å². The number of hydrogen-bond acceptors (Lipinski definition) is 10. The topological polar surface area (TPSA) is 130 Å². The first-order valence-corrected chi connectivity index (χ1v) is 10.0. The molecule has 0 radical (unpaired) electrons. The maximum absolute atomic E-state index is 11.7. The molecule has 0 N–H and O–H groups in total. The van der Waals surface area contributed by atoms with E-state index in [1.54, 1.807) is 32.9 Å².